The molecule has 0 radical (unpaired) electrons. The van der Waals surface area contributed by atoms with Crippen LogP contribution in [-0.2, 0) is 0 Å². The fraction of sp³-hybridized carbons (Fsp3) is 0.455. The number of hydrogen-bond donors (Lipinski definition) is 2. The molecule has 0 saturated carbocycles. The quantitative estimate of drug-likeness (QED) is 0.776. The van der Waals surface area contributed by atoms with Crippen LogP contribution in [0, 0.1) is 11.7 Å². The summed E-state index contributed by atoms with van der Waals surface area (Å²) in [7, 11) is 0. The second-order valence-electron chi connectivity index (χ2n) is 3.82. The van der Waals surface area contributed by atoms with Gasteiger partial charge in [-0.15, -0.1) is 0 Å². The molecule has 2 nitrogen and oxygen atoms in total. The van der Waals surface area contributed by atoms with Crippen LogP contribution in [0.5, 0.6) is 0 Å². The molecule has 0 fully saturated rings. The van der Waals surface area contributed by atoms with E-state index in [-0.39, 0.29) is 11.7 Å². The van der Waals surface area contributed by atoms with Crippen LogP contribution in [0.1, 0.15) is 25.5 Å². The zero-order valence-corrected chi connectivity index (χ0v) is 8.44. The number of halogens is 1. The zero-order chi connectivity index (χ0) is 10.7. The maximum Gasteiger partial charge on any atom is 0.123 e. The zero-order valence-electron chi connectivity index (χ0n) is 8.44. The predicted octanol–water partition coefficient (Wildman–Crippen LogP) is 1.84. The van der Waals surface area contributed by atoms with Gasteiger partial charge in [-0.2, -0.15) is 0 Å². The highest BCUT2D eigenvalue weighted by molar-refractivity contribution is 5.20. The number of rotatable bonds is 3. The Bertz CT molecular complexity index is 301. The second-order valence-corrected chi connectivity index (χ2v) is 3.82. The molecule has 1 aromatic carbocycles. The third kappa shape index (κ3) is 2.53. The van der Waals surface area contributed by atoms with Crippen LogP contribution in [0.4, 0.5) is 4.39 Å². The highest BCUT2D eigenvalue weighted by Crippen LogP contribution is 2.19. The van der Waals surface area contributed by atoms with Crippen molar-refractivity contribution in [2.75, 3.05) is 0 Å². The minimum atomic E-state index is -0.642. The van der Waals surface area contributed by atoms with E-state index in [2.05, 4.69) is 0 Å². The molecule has 0 spiro atoms. The van der Waals surface area contributed by atoms with Crippen LogP contribution in [0.2, 0.25) is 0 Å². The number of aliphatic hydroxyl groups excluding tert-OH is 1. The van der Waals surface area contributed by atoms with Gasteiger partial charge in [0.05, 0.1) is 12.1 Å². The van der Waals surface area contributed by atoms with Crippen molar-refractivity contribution in [3.8, 4) is 0 Å². The molecule has 0 amide bonds. The van der Waals surface area contributed by atoms with Crippen LogP contribution < -0.4 is 5.73 Å². The van der Waals surface area contributed by atoms with E-state index < -0.39 is 12.1 Å². The van der Waals surface area contributed by atoms with Crippen LogP contribution in [0.15, 0.2) is 24.3 Å². The summed E-state index contributed by atoms with van der Waals surface area (Å²) in [4.78, 5) is 0. The molecule has 2 unspecified atom stereocenters. The molecule has 0 aliphatic carbocycles. The Morgan fingerprint density at radius 1 is 1.36 bits per heavy atom. The molecule has 0 heterocycles. The Hall–Kier alpha value is -0.930. The highest BCUT2D eigenvalue weighted by atomic mass is 19.1. The minimum absolute atomic E-state index is 0.0632. The average Bonchev–Trinajstić information content (AvgIpc) is 2.15. The van der Waals surface area contributed by atoms with E-state index in [0.29, 0.717) is 5.56 Å². The molecular formula is C11H16FNO. The lowest BCUT2D eigenvalue weighted by atomic mass is 9.94. The van der Waals surface area contributed by atoms with E-state index in [9.17, 15) is 9.50 Å². The molecule has 78 valence electrons. The summed E-state index contributed by atoms with van der Waals surface area (Å²) in [5, 5.41) is 9.69. The molecule has 1 aromatic rings. The topological polar surface area (TPSA) is 46.2 Å². The number of aliphatic hydroxyl groups is 1. The van der Waals surface area contributed by atoms with E-state index in [1.54, 1.807) is 12.1 Å². The Balaban J connectivity index is 2.83. The van der Waals surface area contributed by atoms with E-state index >= 15 is 0 Å². The molecule has 1 rings (SSSR count). The van der Waals surface area contributed by atoms with Gasteiger partial charge in [-0.25, -0.2) is 4.39 Å². The fourth-order valence-electron chi connectivity index (χ4n) is 1.33. The summed E-state index contributed by atoms with van der Waals surface area (Å²) < 4.78 is 12.9. The molecule has 0 saturated heterocycles. The molecule has 3 N–H and O–H groups in total. The van der Waals surface area contributed by atoms with Crippen LogP contribution in [0.3, 0.4) is 0 Å². The Morgan fingerprint density at radius 2 is 2.00 bits per heavy atom. The summed E-state index contributed by atoms with van der Waals surface area (Å²) in [6.07, 6.45) is -0.642. The second kappa shape index (κ2) is 4.53. The van der Waals surface area contributed by atoms with Crippen molar-refractivity contribution >= 4 is 0 Å². The van der Waals surface area contributed by atoms with Gasteiger partial charge in [0.25, 0.3) is 0 Å². The molecule has 0 bridgehead atoms. The van der Waals surface area contributed by atoms with Gasteiger partial charge in [-0.1, -0.05) is 26.0 Å². The van der Waals surface area contributed by atoms with Crippen molar-refractivity contribution in [1.82, 2.24) is 0 Å². The first-order valence-electron chi connectivity index (χ1n) is 4.71. The van der Waals surface area contributed by atoms with Crippen molar-refractivity contribution in [2.45, 2.75) is 26.0 Å². The van der Waals surface area contributed by atoms with Crippen molar-refractivity contribution in [2.24, 2.45) is 11.7 Å². The summed E-state index contributed by atoms with van der Waals surface area (Å²) >= 11 is 0. The Morgan fingerprint density at radius 3 is 2.50 bits per heavy atom. The standard InChI is InChI=1S/C11H16FNO/c1-7(2)11(14)10(13)8-4-3-5-9(12)6-8/h3-7,10-11,14H,13H2,1-2H3. The van der Waals surface area contributed by atoms with Gasteiger partial charge >= 0.3 is 0 Å². The summed E-state index contributed by atoms with van der Waals surface area (Å²) in [5.74, 6) is -0.262. The highest BCUT2D eigenvalue weighted by Gasteiger charge is 2.19. The number of benzene rings is 1. The van der Waals surface area contributed by atoms with Crippen LogP contribution >= 0.6 is 0 Å². The smallest absolute Gasteiger partial charge is 0.123 e. The first kappa shape index (κ1) is 11.1. The van der Waals surface area contributed by atoms with Gasteiger partial charge in [0.2, 0.25) is 0 Å². The van der Waals surface area contributed by atoms with E-state index in [1.165, 1.54) is 12.1 Å². The van der Waals surface area contributed by atoms with Gasteiger partial charge in [0.1, 0.15) is 5.82 Å². The normalized spacial score (nSPS) is 15.6. The van der Waals surface area contributed by atoms with Crippen molar-refractivity contribution in [1.29, 1.82) is 0 Å². The average molecular weight is 197 g/mol. The van der Waals surface area contributed by atoms with Crippen molar-refractivity contribution in [3.63, 3.8) is 0 Å². The lowest BCUT2D eigenvalue weighted by Gasteiger charge is -2.22. The fourth-order valence-corrected chi connectivity index (χ4v) is 1.33. The first-order chi connectivity index (χ1) is 6.52. The van der Waals surface area contributed by atoms with Gasteiger partial charge < -0.3 is 10.8 Å². The van der Waals surface area contributed by atoms with Gasteiger partial charge in [-0.3, -0.25) is 0 Å². The van der Waals surface area contributed by atoms with Crippen LogP contribution in [-0.4, -0.2) is 11.2 Å². The third-order valence-corrected chi connectivity index (χ3v) is 2.28. The maximum absolute atomic E-state index is 12.9. The van der Waals surface area contributed by atoms with E-state index in [0.717, 1.165) is 0 Å². The summed E-state index contributed by atoms with van der Waals surface area (Å²) in [6, 6.07) is 5.51. The van der Waals surface area contributed by atoms with Gasteiger partial charge in [-0.05, 0) is 23.6 Å². The monoisotopic (exact) mass is 197 g/mol. The van der Waals surface area contributed by atoms with E-state index in [1.807, 2.05) is 13.8 Å². The Labute approximate surface area is 83.6 Å². The molecule has 0 aromatic heterocycles. The molecule has 14 heavy (non-hydrogen) atoms. The summed E-state index contributed by atoms with van der Waals surface area (Å²) in [6.45, 7) is 3.76. The largest absolute Gasteiger partial charge is 0.391 e. The predicted molar refractivity (Wildman–Crippen MR) is 54.2 cm³/mol. The minimum Gasteiger partial charge on any atom is -0.391 e. The van der Waals surface area contributed by atoms with Crippen molar-refractivity contribution in [3.05, 3.63) is 35.6 Å². The van der Waals surface area contributed by atoms with Crippen molar-refractivity contribution < 1.29 is 9.50 Å². The first-order valence-corrected chi connectivity index (χ1v) is 4.71. The molecular weight excluding hydrogens is 181 g/mol. The third-order valence-electron chi connectivity index (χ3n) is 2.28. The molecule has 3 heteroatoms. The molecule has 2 atom stereocenters. The Kier molecular flexibility index (Phi) is 3.61. The van der Waals surface area contributed by atoms with Gasteiger partial charge in [0.15, 0.2) is 0 Å². The maximum atomic E-state index is 12.9. The summed E-state index contributed by atoms with van der Waals surface area (Å²) in [5.41, 5.74) is 6.42. The SMILES string of the molecule is CC(C)C(O)C(N)c1cccc(F)c1. The van der Waals surface area contributed by atoms with E-state index in [4.69, 9.17) is 5.73 Å². The van der Waals surface area contributed by atoms with Gasteiger partial charge in [0, 0.05) is 0 Å². The number of hydrogen-bond acceptors (Lipinski definition) is 2. The van der Waals surface area contributed by atoms with Crippen LogP contribution in [0.25, 0.3) is 0 Å². The molecule has 0 aliphatic rings. The lowest BCUT2D eigenvalue weighted by molar-refractivity contribution is 0.0978. The molecule has 0 aliphatic heterocycles. The number of nitrogens with two attached hydrogens (primary N) is 1. The lowest BCUT2D eigenvalue weighted by Crippen LogP contribution is -2.30.